The molecule has 7 nitrogen and oxygen atoms in total. The smallest absolute Gasteiger partial charge is 0.295 e. The quantitative estimate of drug-likeness (QED) is 0.790. The highest BCUT2D eigenvalue weighted by molar-refractivity contribution is 5.81. The highest BCUT2D eigenvalue weighted by Crippen LogP contribution is 2.20. The molecule has 0 radical (unpaired) electrons. The second kappa shape index (κ2) is 6.77. The average Bonchev–Trinajstić information content (AvgIpc) is 2.37. The van der Waals surface area contributed by atoms with Crippen LogP contribution < -0.4 is 15.2 Å². The lowest BCUT2D eigenvalue weighted by Gasteiger charge is -2.25. The van der Waals surface area contributed by atoms with Gasteiger partial charge in [0.05, 0.1) is 20.0 Å². The molecule has 1 aromatic rings. The molecule has 0 aliphatic heterocycles. The van der Waals surface area contributed by atoms with Crippen molar-refractivity contribution in [2.24, 2.45) is 0 Å². The Morgan fingerprint density at radius 2 is 2.16 bits per heavy atom. The third kappa shape index (κ3) is 3.70. The fourth-order valence-electron chi connectivity index (χ4n) is 1.62. The fourth-order valence-corrected chi connectivity index (χ4v) is 1.62. The standard InChI is InChI=1S/C12H20N4O3/c1-5-6-16(7-9(17)15(2)3)11-10(19-4)12(18)14-8-13-11/h8H,5-7H2,1-4H3,(H,13,14,18). The summed E-state index contributed by atoms with van der Waals surface area (Å²) in [6.07, 6.45) is 2.14. The average molecular weight is 268 g/mol. The van der Waals surface area contributed by atoms with E-state index in [1.54, 1.807) is 19.0 Å². The Kier molecular flexibility index (Phi) is 5.35. The molecule has 0 aromatic carbocycles. The minimum atomic E-state index is -0.356. The largest absolute Gasteiger partial charge is 0.489 e. The van der Waals surface area contributed by atoms with Crippen molar-refractivity contribution < 1.29 is 9.53 Å². The van der Waals surface area contributed by atoms with E-state index >= 15 is 0 Å². The lowest BCUT2D eigenvalue weighted by Crippen LogP contribution is -2.38. The summed E-state index contributed by atoms with van der Waals surface area (Å²) >= 11 is 0. The maximum absolute atomic E-state index is 11.8. The lowest BCUT2D eigenvalue weighted by molar-refractivity contribution is -0.127. The van der Waals surface area contributed by atoms with Crippen LogP contribution in [0.25, 0.3) is 0 Å². The molecule has 0 aliphatic carbocycles. The van der Waals surface area contributed by atoms with E-state index in [1.165, 1.54) is 18.3 Å². The molecule has 19 heavy (non-hydrogen) atoms. The van der Waals surface area contributed by atoms with Crippen LogP contribution in [-0.2, 0) is 4.79 Å². The molecule has 0 saturated carbocycles. The monoisotopic (exact) mass is 268 g/mol. The number of H-pyrrole nitrogens is 1. The zero-order valence-corrected chi connectivity index (χ0v) is 11.8. The van der Waals surface area contributed by atoms with Crippen LogP contribution in [0.2, 0.25) is 0 Å². The van der Waals surface area contributed by atoms with E-state index in [0.717, 1.165) is 6.42 Å². The summed E-state index contributed by atoms with van der Waals surface area (Å²) in [5.74, 6) is 0.461. The Morgan fingerprint density at radius 1 is 1.47 bits per heavy atom. The normalized spacial score (nSPS) is 10.1. The highest BCUT2D eigenvalue weighted by Gasteiger charge is 2.19. The number of carbonyl (C=O) groups excluding carboxylic acids is 1. The number of hydrogen-bond acceptors (Lipinski definition) is 5. The summed E-state index contributed by atoms with van der Waals surface area (Å²) in [6.45, 7) is 2.77. The Labute approximate surface area is 112 Å². The van der Waals surface area contributed by atoms with Crippen molar-refractivity contribution in [1.82, 2.24) is 14.9 Å². The number of carbonyl (C=O) groups is 1. The van der Waals surface area contributed by atoms with E-state index in [9.17, 15) is 9.59 Å². The molecule has 0 bridgehead atoms. The predicted molar refractivity (Wildman–Crippen MR) is 72.6 cm³/mol. The Hall–Kier alpha value is -2.05. The van der Waals surface area contributed by atoms with Gasteiger partial charge in [-0.15, -0.1) is 0 Å². The van der Waals surface area contributed by atoms with Crippen LogP contribution in [-0.4, -0.2) is 55.1 Å². The van der Waals surface area contributed by atoms with Gasteiger partial charge in [0.1, 0.15) is 0 Å². The molecule has 0 aliphatic rings. The van der Waals surface area contributed by atoms with Crippen molar-refractivity contribution >= 4 is 11.7 Å². The van der Waals surface area contributed by atoms with Gasteiger partial charge in [-0.3, -0.25) is 9.59 Å². The molecular formula is C12H20N4O3. The molecule has 1 heterocycles. The van der Waals surface area contributed by atoms with E-state index in [0.29, 0.717) is 12.4 Å². The molecule has 0 saturated heterocycles. The number of ether oxygens (including phenoxy) is 1. The minimum absolute atomic E-state index is 0.0578. The summed E-state index contributed by atoms with van der Waals surface area (Å²) < 4.78 is 5.07. The fraction of sp³-hybridized carbons (Fsp3) is 0.583. The van der Waals surface area contributed by atoms with Gasteiger partial charge in [0.15, 0.2) is 5.82 Å². The maximum Gasteiger partial charge on any atom is 0.295 e. The zero-order valence-electron chi connectivity index (χ0n) is 11.8. The topological polar surface area (TPSA) is 78.5 Å². The summed E-state index contributed by atoms with van der Waals surface area (Å²) in [4.78, 5) is 33.3. The van der Waals surface area contributed by atoms with Crippen LogP contribution in [0.5, 0.6) is 5.75 Å². The van der Waals surface area contributed by atoms with Crippen molar-refractivity contribution in [3.63, 3.8) is 0 Å². The van der Waals surface area contributed by atoms with Crippen LogP contribution in [0.4, 0.5) is 5.82 Å². The summed E-state index contributed by atoms with van der Waals surface area (Å²) in [6, 6.07) is 0. The van der Waals surface area contributed by atoms with E-state index in [-0.39, 0.29) is 23.8 Å². The van der Waals surface area contributed by atoms with Crippen molar-refractivity contribution in [3.8, 4) is 5.75 Å². The van der Waals surface area contributed by atoms with E-state index in [4.69, 9.17) is 4.74 Å². The third-order valence-corrected chi connectivity index (χ3v) is 2.61. The molecule has 1 rings (SSSR count). The Morgan fingerprint density at radius 3 is 2.68 bits per heavy atom. The molecule has 106 valence electrons. The van der Waals surface area contributed by atoms with Gasteiger partial charge in [-0.25, -0.2) is 4.98 Å². The summed E-state index contributed by atoms with van der Waals surface area (Å²) in [5.41, 5.74) is -0.356. The van der Waals surface area contributed by atoms with Crippen molar-refractivity contribution in [2.45, 2.75) is 13.3 Å². The number of hydrogen-bond donors (Lipinski definition) is 1. The van der Waals surface area contributed by atoms with E-state index in [2.05, 4.69) is 9.97 Å². The first kappa shape index (κ1) is 15.0. The molecule has 0 unspecified atom stereocenters. The number of likely N-dealkylation sites (N-methyl/N-ethyl adjacent to an activating group) is 1. The van der Waals surface area contributed by atoms with Gasteiger partial charge in [-0.1, -0.05) is 6.92 Å². The molecule has 1 aromatic heterocycles. The second-order valence-corrected chi connectivity index (χ2v) is 4.30. The number of aromatic nitrogens is 2. The first-order valence-electron chi connectivity index (χ1n) is 6.08. The lowest BCUT2D eigenvalue weighted by atomic mass is 10.3. The van der Waals surface area contributed by atoms with Crippen LogP contribution in [0, 0.1) is 0 Å². The van der Waals surface area contributed by atoms with Crippen molar-refractivity contribution in [1.29, 1.82) is 0 Å². The molecule has 1 N–H and O–H groups in total. The first-order chi connectivity index (χ1) is 9.01. The number of aromatic amines is 1. The number of anilines is 1. The van der Waals surface area contributed by atoms with Gasteiger partial charge >= 0.3 is 0 Å². The van der Waals surface area contributed by atoms with Crippen molar-refractivity contribution in [2.75, 3.05) is 39.2 Å². The number of methoxy groups -OCH3 is 1. The molecular weight excluding hydrogens is 248 g/mol. The minimum Gasteiger partial charge on any atom is -0.489 e. The molecule has 7 heteroatoms. The Bertz CT molecular complexity index is 484. The molecule has 0 spiro atoms. The number of amides is 1. The molecule has 0 atom stereocenters. The van der Waals surface area contributed by atoms with Crippen LogP contribution >= 0.6 is 0 Å². The van der Waals surface area contributed by atoms with Crippen LogP contribution in [0.15, 0.2) is 11.1 Å². The number of nitrogens with one attached hydrogen (secondary N) is 1. The maximum atomic E-state index is 11.8. The highest BCUT2D eigenvalue weighted by atomic mass is 16.5. The summed E-state index contributed by atoms with van der Waals surface area (Å²) in [5, 5.41) is 0. The van der Waals surface area contributed by atoms with E-state index in [1.807, 2.05) is 6.92 Å². The summed E-state index contributed by atoms with van der Waals surface area (Å²) in [7, 11) is 4.79. The second-order valence-electron chi connectivity index (χ2n) is 4.30. The molecule has 1 amide bonds. The first-order valence-corrected chi connectivity index (χ1v) is 6.08. The van der Waals surface area contributed by atoms with Crippen LogP contribution in [0.1, 0.15) is 13.3 Å². The Balaban J connectivity index is 3.08. The van der Waals surface area contributed by atoms with Gasteiger partial charge in [0.25, 0.3) is 5.56 Å². The SMILES string of the molecule is CCCN(CC(=O)N(C)C)c1nc[nH]c(=O)c1OC. The van der Waals surface area contributed by atoms with Crippen molar-refractivity contribution in [3.05, 3.63) is 16.7 Å². The van der Waals surface area contributed by atoms with Crippen LogP contribution in [0.3, 0.4) is 0 Å². The number of nitrogens with zero attached hydrogens (tertiary/aromatic N) is 3. The third-order valence-electron chi connectivity index (χ3n) is 2.61. The van der Waals surface area contributed by atoms with Gasteiger partial charge in [-0.05, 0) is 6.42 Å². The predicted octanol–water partition coefficient (Wildman–Crippen LogP) is 0.0831. The van der Waals surface area contributed by atoms with Gasteiger partial charge in [0.2, 0.25) is 11.7 Å². The number of rotatable bonds is 6. The molecule has 0 fully saturated rings. The van der Waals surface area contributed by atoms with Gasteiger partial charge in [0, 0.05) is 20.6 Å². The van der Waals surface area contributed by atoms with E-state index < -0.39 is 0 Å². The zero-order chi connectivity index (χ0) is 14.4. The van der Waals surface area contributed by atoms with Gasteiger partial charge < -0.3 is 19.5 Å². The van der Waals surface area contributed by atoms with Gasteiger partial charge in [-0.2, -0.15) is 0 Å².